The maximum atomic E-state index is 11.4. The highest BCUT2D eigenvalue weighted by Crippen LogP contribution is 2.31. The van der Waals surface area contributed by atoms with Crippen LogP contribution in [0.2, 0.25) is 0 Å². The predicted molar refractivity (Wildman–Crippen MR) is 89.9 cm³/mol. The van der Waals surface area contributed by atoms with Crippen LogP contribution >= 0.6 is 11.3 Å². The summed E-state index contributed by atoms with van der Waals surface area (Å²) in [6.07, 6.45) is 3.98. The Morgan fingerprint density at radius 3 is 2.91 bits per heavy atom. The van der Waals surface area contributed by atoms with E-state index in [1.807, 2.05) is 6.20 Å². The molecule has 2 fully saturated rings. The highest BCUT2D eigenvalue weighted by atomic mass is 32.1. The van der Waals surface area contributed by atoms with Gasteiger partial charge in [-0.05, 0) is 12.3 Å². The van der Waals surface area contributed by atoms with Gasteiger partial charge in [-0.3, -0.25) is 9.69 Å². The molecule has 0 unspecified atom stereocenters. The summed E-state index contributed by atoms with van der Waals surface area (Å²) in [6.45, 7) is 7.80. The van der Waals surface area contributed by atoms with Crippen LogP contribution in [-0.2, 0) is 16.1 Å². The Kier molecular flexibility index (Phi) is 5.50. The van der Waals surface area contributed by atoms with Gasteiger partial charge < -0.3 is 14.7 Å². The van der Waals surface area contributed by atoms with E-state index < -0.39 is 5.97 Å². The van der Waals surface area contributed by atoms with E-state index in [4.69, 9.17) is 4.74 Å². The summed E-state index contributed by atoms with van der Waals surface area (Å²) in [7, 11) is 0. The molecule has 7 heteroatoms. The van der Waals surface area contributed by atoms with E-state index in [-0.39, 0.29) is 11.8 Å². The molecule has 23 heavy (non-hydrogen) atoms. The summed E-state index contributed by atoms with van der Waals surface area (Å²) in [5, 5.41) is 10.5. The van der Waals surface area contributed by atoms with E-state index in [2.05, 4.69) is 21.7 Å². The number of morpholine rings is 1. The summed E-state index contributed by atoms with van der Waals surface area (Å²) in [5.41, 5.74) is 0. The molecule has 0 aliphatic carbocycles. The Bertz CT molecular complexity index is 530. The number of carboxylic acid groups (broad SMARTS) is 1. The minimum atomic E-state index is -0.649. The predicted octanol–water partition coefficient (Wildman–Crippen LogP) is 1.91. The molecule has 0 bridgehead atoms. The second-order valence-electron chi connectivity index (χ2n) is 6.40. The summed E-state index contributed by atoms with van der Waals surface area (Å²) in [5.74, 6) is -0.588. The lowest BCUT2D eigenvalue weighted by Gasteiger charge is -2.26. The summed E-state index contributed by atoms with van der Waals surface area (Å²) in [6, 6.07) is 0. The van der Waals surface area contributed by atoms with Crippen molar-refractivity contribution in [2.45, 2.75) is 26.3 Å². The number of nitrogens with zero attached hydrogens (tertiary/aromatic N) is 3. The lowest BCUT2D eigenvalue weighted by molar-refractivity contribution is -0.142. The summed E-state index contributed by atoms with van der Waals surface area (Å²) >= 11 is 1.72. The molecule has 2 aliphatic rings. The van der Waals surface area contributed by atoms with Gasteiger partial charge in [0.15, 0.2) is 5.13 Å². The first-order valence-corrected chi connectivity index (χ1v) is 9.21. The topological polar surface area (TPSA) is 65.9 Å². The van der Waals surface area contributed by atoms with Gasteiger partial charge >= 0.3 is 5.97 Å². The molecule has 0 amide bonds. The number of hydrogen-bond acceptors (Lipinski definition) is 6. The molecule has 0 spiro atoms. The van der Waals surface area contributed by atoms with Crippen molar-refractivity contribution in [3.63, 3.8) is 0 Å². The number of carbonyl (C=O) groups is 1. The molecule has 0 aromatic carbocycles. The van der Waals surface area contributed by atoms with E-state index in [9.17, 15) is 9.90 Å². The zero-order chi connectivity index (χ0) is 16.2. The van der Waals surface area contributed by atoms with E-state index in [1.54, 1.807) is 11.3 Å². The van der Waals surface area contributed by atoms with Crippen molar-refractivity contribution in [1.29, 1.82) is 0 Å². The van der Waals surface area contributed by atoms with Crippen molar-refractivity contribution < 1.29 is 14.6 Å². The number of rotatable bonds is 6. The number of thiazole rings is 1. The van der Waals surface area contributed by atoms with Crippen LogP contribution in [0.4, 0.5) is 5.13 Å². The van der Waals surface area contributed by atoms with Gasteiger partial charge in [0.2, 0.25) is 0 Å². The number of aromatic nitrogens is 1. The van der Waals surface area contributed by atoms with Crippen LogP contribution in [0, 0.1) is 11.8 Å². The number of carboxylic acids is 1. The molecule has 2 atom stereocenters. The molecular formula is C16H25N3O3S. The number of anilines is 1. The van der Waals surface area contributed by atoms with Crippen LogP contribution in [0.25, 0.3) is 0 Å². The lowest BCUT2D eigenvalue weighted by atomic mass is 9.92. The minimum absolute atomic E-state index is 0.221. The molecule has 2 saturated heterocycles. The second kappa shape index (κ2) is 7.59. The average molecular weight is 339 g/mol. The van der Waals surface area contributed by atoms with Crippen molar-refractivity contribution in [2.75, 3.05) is 44.3 Å². The minimum Gasteiger partial charge on any atom is -0.481 e. The Labute approximate surface area is 141 Å². The highest BCUT2D eigenvalue weighted by Gasteiger charge is 2.36. The third-order valence-electron chi connectivity index (χ3n) is 4.70. The van der Waals surface area contributed by atoms with Gasteiger partial charge in [-0.25, -0.2) is 4.98 Å². The molecule has 0 saturated carbocycles. The smallest absolute Gasteiger partial charge is 0.308 e. The van der Waals surface area contributed by atoms with E-state index >= 15 is 0 Å². The summed E-state index contributed by atoms with van der Waals surface area (Å²) < 4.78 is 5.38. The quantitative estimate of drug-likeness (QED) is 0.854. The Morgan fingerprint density at radius 2 is 2.22 bits per heavy atom. The standard InChI is InChI=1S/C16H25N3O3S/c1-2-3-12-9-18(11-14(12)15(20)21)10-13-8-17-16(23-13)19-4-6-22-7-5-19/h8,12,14H,2-7,9-11H2,1H3,(H,20,21)/t12-,14-/m1/s1. The first-order chi connectivity index (χ1) is 11.2. The maximum Gasteiger partial charge on any atom is 0.308 e. The largest absolute Gasteiger partial charge is 0.481 e. The fourth-order valence-corrected chi connectivity index (χ4v) is 4.53. The molecule has 6 nitrogen and oxygen atoms in total. The Hall–Kier alpha value is -1.18. The van der Waals surface area contributed by atoms with Crippen LogP contribution in [-0.4, -0.2) is 60.4 Å². The van der Waals surface area contributed by atoms with Gasteiger partial charge in [-0.15, -0.1) is 11.3 Å². The molecule has 0 radical (unpaired) electrons. The van der Waals surface area contributed by atoms with Gasteiger partial charge in [0, 0.05) is 43.8 Å². The molecule has 1 aromatic heterocycles. The van der Waals surface area contributed by atoms with Crippen molar-refractivity contribution in [3.8, 4) is 0 Å². The van der Waals surface area contributed by atoms with Crippen LogP contribution in [0.3, 0.4) is 0 Å². The molecule has 1 aromatic rings. The first kappa shape index (κ1) is 16.7. The number of aliphatic carboxylic acids is 1. The number of likely N-dealkylation sites (tertiary alicyclic amines) is 1. The van der Waals surface area contributed by atoms with Crippen molar-refractivity contribution in [2.24, 2.45) is 11.8 Å². The Balaban J connectivity index is 1.59. The molecule has 3 rings (SSSR count). The van der Waals surface area contributed by atoms with Crippen LogP contribution in [0.5, 0.6) is 0 Å². The monoisotopic (exact) mass is 339 g/mol. The zero-order valence-corrected chi connectivity index (χ0v) is 14.4. The third-order valence-corrected chi connectivity index (χ3v) is 5.74. The number of hydrogen-bond donors (Lipinski definition) is 1. The molecule has 1 N–H and O–H groups in total. The molecule has 3 heterocycles. The fourth-order valence-electron chi connectivity index (χ4n) is 3.52. The van der Waals surface area contributed by atoms with Gasteiger partial charge in [0.25, 0.3) is 0 Å². The van der Waals surface area contributed by atoms with E-state index in [1.165, 1.54) is 4.88 Å². The van der Waals surface area contributed by atoms with Gasteiger partial charge in [-0.1, -0.05) is 13.3 Å². The van der Waals surface area contributed by atoms with Crippen molar-refractivity contribution >= 4 is 22.4 Å². The third kappa shape index (κ3) is 4.02. The van der Waals surface area contributed by atoms with Crippen molar-refractivity contribution in [3.05, 3.63) is 11.1 Å². The van der Waals surface area contributed by atoms with Crippen molar-refractivity contribution in [1.82, 2.24) is 9.88 Å². The lowest BCUT2D eigenvalue weighted by Crippen LogP contribution is -2.36. The Morgan fingerprint density at radius 1 is 1.43 bits per heavy atom. The van der Waals surface area contributed by atoms with E-state index in [0.717, 1.165) is 57.4 Å². The number of ether oxygens (including phenoxy) is 1. The van der Waals surface area contributed by atoms with Crippen LogP contribution < -0.4 is 4.90 Å². The SMILES string of the molecule is CCC[C@@H]1CN(Cc2cnc(N3CCOCC3)s2)C[C@H]1C(=O)O. The molecule has 128 valence electrons. The fraction of sp³-hybridized carbons (Fsp3) is 0.750. The highest BCUT2D eigenvalue weighted by molar-refractivity contribution is 7.15. The second-order valence-corrected chi connectivity index (χ2v) is 7.49. The van der Waals surface area contributed by atoms with Crippen LogP contribution in [0.15, 0.2) is 6.20 Å². The summed E-state index contributed by atoms with van der Waals surface area (Å²) in [4.78, 5) is 21.7. The van der Waals surface area contributed by atoms with E-state index in [0.29, 0.717) is 6.54 Å². The van der Waals surface area contributed by atoms with Gasteiger partial charge in [-0.2, -0.15) is 0 Å². The van der Waals surface area contributed by atoms with Gasteiger partial charge in [0.05, 0.1) is 19.1 Å². The zero-order valence-electron chi connectivity index (χ0n) is 13.6. The first-order valence-electron chi connectivity index (χ1n) is 8.40. The normalized spacial score (nSPS) is 25.9. The molecule has 2 aliphatic heterocycles. The van der Waals surface area contributed by atoms with Gasteiger partial charge in [0.1, 0.15) is 0 Å². The van der Waals surface area contributed by atoms with Crippen LogP contribution in [0.1, 0.15) is 24.6 Å². The molecular weight excluding hydrogens is 314 g/mol. The maximum absolute atomic E-state index is 11.4. The average Bonchev–Trinajstić information content (AvgIpc) is 3.16.